The summed E-state index contributed by atoms with van der Waals surface area (Å²) >= 11 is 0. The molecule has 0 fully saturated rings. The van der Waals surface area contributed by atoms with Crippen molar-refractivity contribution in [2.24, 2.45) is 0 Å². The molecule has 0 aliphatic rings. The lowest BCUT2D eigenvalue weighted by Crippen LogP contribution is -3.04. The smallest absolute Gasteiger partial charge is 0.103 e. The fourth-order valence-corrected chi connectivity index (χ4v) is 4.22. The lowest BCUT2D eigenvalue weighted by Gasteiger charge is -2.12. The summed E-state index contributed by atoms with van der Waals surface area (Å²) in [6, 6.07) is 9.05. The Morgan fingerprint density at radius 3 is 1.36 bits per heavy atom. The number of benzene rings is 1. The van der Waals surface area contributed by atoms with Crippen molar-refractivity contribution in [2.45, 2.75) is 123 Å². The van der Waals surface area contributed by atoms with Gasteiger partial charge in [0.2, 0.25) is 0 Å². The molecule has 28 heavy (non-hydrogen) atoms. The molecular formula is C27H50N+. The molecule has 0 aromatic heterocycles. The predicted octanol–water partition coefficient (Wildman–Crippen LogP) is 7.14. The Bertz CT molecular complexity index is 451. The van der Waals surface area contributed by atoms with Crippen LogP contribution in [0, 0.1) is 0 Å². The largest absolute Gasteiger partial charge is 0.336 e. The van der Waals surface area contributed by atoms with E-state index in [1.165, 1.54) is 114 Å². The average molecular weight is 389 g/mol. The van der Waals surface area contributed by atoms with Crippen molar-refractivity contribution < 1.29 is 4.90 Å². The molecular weight excluding hydrogens is 338 g/mol. The molecule has 1 N–H and O–H groups in total. The Kier molecular flexibility index (Phi) is 16.4. The van der Waals surface area contributed by atoms with Crippen LogP contribution >= 0.6 is 0 Å². The van der Waals surface area contributed by atoms with Gasteiger partial charge in [-0.2, -0.15) is 0 Å². The molecule has 0 saturated carbocycles. The number of hydrogen-bond acceptors (Lipinski definition) is 0. The lowest BCUT2D eigenvalue weighted by atomic mass is 9.99. The molecule has 1 aromatic rings. The van der Waals surface area contributed by atoms with Gasteiger partial charge in [0.1, 0.15) is 6.54 Å². The molecule has 0 saturated heterocycles. The van der Waals surface area contributed by atoms with Crippen LogP contribution in [0.25, 0.3) is 0 Å². The Morgan fingerprint density at radius 1 is 0.536 bits per heavy atom. The fraction of sp³-hybridized carbons (Fsp3) is 0.778. The highest BCUT2D eigenvalue weighted by Gasteiger charge is 2.04. The summed E-state index contributed by atoms with van der Waals surface area (Å²) in [7, 11) is 4.48. The normalized spacial score (nSPS) is 11.4. The number of unbranched alkanes of at least 4 members (excludes halogenated alkanes) is 15. The van der Waals surface area contributed by atoms with Gasteiger partial charge in [-0.3, -0.25) is 0 Å². The summed E-state index contributed by atoms with van der Waals surface area (Å²) in [5, 5.41) is 0. The Hall–Kier alpha value is -0.820. The van der Waals surface area contributed by atoms with Crippen LogP contribution in [0.4, 0.5) is 0 Å². The molecule has 1 heteroatoms. The molecule has 1 nitrogen and oxygen atoms in total. The second-order valence-corrected chi connectivity index (χ2v) is 9.21. The quantitative estimate of drug-likeness (QED) is 0.240. The highest BCUT2D eigenvalue weighted by molar-refractivity contribution is 5.26. The molecule has 0 amide bonds. The van der Waals surface area contributed by atoms with E-state index in [0.29, 0.717) is 0 Å². The molecule has 1 rings (SSSR count). The first-order chi connectivity index (χ1) is 13.7. The van der Waals surface area contributed by atoms with E-state index in [0.717, 1.165) is 6.54 Å². The van der Waals surface area contributed by atoms with Gasteiger partial charge in [-0.25, -0.2) is 0 Å². The monoisotopic (exact) mass is 388 g/mol. The van der Waals surface area contributed by atoms with Crippen LogP contribution in [0.5, 0.6) is 0 Å². The molecule has 0 bridgehead atoms. The van der Waals surface area contributed by atoms with Gasteiger partial charge in [0.05, 0.1) is 14.1 Å². The minimum absolute atomic E-state index is 1.15. The van der Waals surface area contributed by atoms with Crippen molar-refractivity contribution in [3.63, 3.8) is 0 Å². The van der Waals surface area contributed by atoms with Crippen molar-refractivity contribution in [1.82, 2.24) is 0 Å². The molecule has 162 valence electrons. The summed E-state index contributed by atoms with van der Waals surface area (Å²) in [6.45, 7) is 3.45. The van der Waals surface area contributed by atoms with Gasteiger partial charge in [-0.05, 0) is 18.4 Å². The summed E-state index contributed by atoms with van der Waals surface area (Å²) in [6.07, 6.45) is 24.4. The summed E-state index contributed by atoms with van der Waals surface area (Å²) in [5.41, 5.74) is 3.12. The zero-order chi connectivity index (χ0) is 20.3. The van der Waals surface area contributed by atoms with E-state index in [4.69, 9.17) is 0 Å². The predicted molar refractivity (Wildman–Crippen MR) is 126 cm³/mol. The van der Waals surface area contributed by atoms with Crippen molar-refractivity contribution in [1.29, 1.82) is 0 Å². The third kappa shape index (κ3) is 14.2. The van der Waals surface area contributed by atoms with Gasteiger partial charge in [-0.1, -0.05) is 128 Å². The third-order valence-electron chi connectivity index (χ3n) is 5.96. The van der Waals surface area contributed by atoms with E-state index < -0.39 is 0 Å². The maximum absolute atomic E-state index is 2.34. The van der Waals surface area contributed by atoms with E-state index >= 15 is 0 Å². The Morgan fingerprint density at radius 2 is 0.929 bits per heavy atom. The van der Waals surface area contributed by atoms with Crippen molar-refractivity contribution in [2.75, 3.05) is 14.1 Å². The third-order valence-corrected chi connectivity index (χ3v) is 5.96. The van der Waals surface area contributed by atoms with E-state index in [2.05, 4.69) is 45.3 Å². The first-order valence-corrected chi connectivity index (χ1v) is 12.6. The second kappa shape index (κ2) is 18.2. The average Bonchev–Trinajstić information content (AvgIpc) is 2.68. The van der Waals surface area contributed by atoms with Crippen LogP contribution in [-0.4, -0.2) is 14.1 Å². The van der Waals surface area contributed by atoms with Crippen LogP contribution in [0.15, 0.2) is 24.3 Å². The Balaban J connectivity index is 1.87. The standard InChI is InChI=1S/C27H49N/c1-4-5-6-7-8-9-10-11-12-13-14-15-16-17-18-19-22-26-23-20-21-24-27(26)25-28(2)3/h20-21,23-24H,4-19,22,25H2,1-3H3/p+1. The SMILES string of the molecule is CCCCCCCCCCCCCCCCCCc1ccccc1C[NH+](C)C. The minimum Gasteiger partial charge on any atom is -0.336 e. The van der Waals surface area contributed by atoms with Crippen molar-refractivity contribution >= 4 is 0 Å². The summed E-state index contributed by atoms with van der Waals surface area (Å²) in [5.74, 6) is 0. The van der Waals surface area contributed by atoms with Gasteiger partial charge < -0.3 is 4.90 Å². The van der Waals surface area contributed by atoms with Crippen LogP contribution in [-0.2, 0) is 13.0 Å². The van der Waals surface area contributed by atoms with E-state index in [1.54, 1.807) is 11.1 Å². The first-order valence-electron chi connectivity index (χ1n) is 12.6. The molecule has 0 radical (unpaired) electrons. The molecule has 0 heterocycles. The molecule has 1 aromatic carbocycles. The van der Waals surface area contributed by atoms with Crippen LogP contribution in [0.2, 0.25) is 0 Å². The van der Waals surface area contributed by atoms with Gasteiger partial charge in [-0.15, -0.1) is 0 Å². The highest BCUT2D eigenvalue weighted by atomic mass is 15.0. The number of hydrogen-bond donors (Lipinski definition) is 1. The van der Waals surface area contributed by atoms with Crippen molar-refractivity contribution in [3.05, 3.63) is 35.4 Å². The number of rotatable bonds is 19. The van der Waals surface area contributed by atoms with Crippen LogP contribution in [0.1, 0.15) is 121 Å². The lowest BCUT2D eigenvalue weighted by molar-refractivity contribution is -0.872. The molecule has 0 aliphatic heterocycles. The molecule has 0 aliphatic carbocycles. The molecule has 0 atom stereocenters. The van der Waals surface area contributed by atoms with Gasteiger partial charge in [0.25, 0.3) is 0 Å². The van der Waals surface area contributed by atoms with Gasteiger partial charge in [0.15, 0.2) is 0 Å². The molecule has 0 spiro atoms. The Labute approximate surface area is 177 Å². The topological polar surface area (TPSA) is 4.44 Å². The second-order valence-electron chi connectivity index (χ2n) is 9.21. The summed E-state index contributed by atoms with van der Waals surface area (Å²) in [4.78, 5) is 1.51. The van der Waals surface area contributed by atoms with Crippen LogP contribution in [0.3, 0.4) is 0 Å². The number of aryl methyl sites for hydroxylation is 1. The highest BCUT2D eigenvalue weighted by Crippen LogP contribution is 2.15. The zero-order valence-corrected chi connectivity index (χ0v) is 19.5. The maximum atomic E-state index is 2.34. The maximum Gasteiger partial charge on any atom is 0.103 e. The van der Waals surface area contributed by atoms with Crippen molar-refractivity contribution in [3.8, 4) is 0 Å². The van der Waals surface area contributed by atoms with Gasteiger partial charge in [0, 0.05) is 5.56 Å². The van der Waals surface area contributed by atoms with Crippen LogP contribution < -0.4 is 4.90 Å². The van der Waals surface area contributed by atoms with E-state index in [-0.39, 0.29) is 0 Å². The minimum atomic E-state index is 1.15. The molecule has 0 unspecified atom stereocenters. The fourth-order valence-electron chi connectivity index (χ4n) is 4.22. The van der Waals surface area contributed by atoms with E-state index in [9.17, 15) is 0 Å². The first kappa shape index (κ1) is 25.2. The number of nitrogens with one attached hydrogen (secondary N) is 1. The zero-order valence-electron chi connectivity index (χ0n) is 19.5. The summed E-state index contributed by atoms with van der Waals surface area (Å²) < 4.78 is 0. The van der Waals surface area contributed by atoms with E-state index in [1.807, 2.05) is 0 Å². The number of quaternary nitrogens is 1. The van der Waals surface area contributed by atoms with Gasteiger partial charge >= 0.3 is 0 Å².